The Labute approximate surface area is 105 Å². The molecular formula is C13H29NO3. The van der Waals surface area contributed by atoms with Crippen LogP contribution in [0.4, 0.5) is 0 Å². The van der Waals surface area contributed by atoms with Crippen LogP contribution in [0.3, 0.4) is 0 Å². The molecule has 0 heterocycles. The zero-order valence-corrected chi connectivity index (χ0v) is 11.8. The van der Waals surface area contributed by atoms with Gasteiger partial charge in [0.15, 0.2) is 0 Å². The van der Waals surface area contributed by atoms with E-state index in [0.29, 0.717) is 13.2 Å². The minimum atomic E-state index is -0.449. The van der Waals surface area contributed by atoms with E-state index in [1.54, 1.807) is 0 Å². The maximum Gasteiger partial charge on any atom is 0.0707 e. The molecule has 0 rings (SSSR count). The predicted molar refractivity (Wildman–Crippen MR) is 70.1 cm³/mol. The predicted octanol–water partition coefficient (Wildman–Crippen LogP) is 1.70. The summed E-state index contributed by atoms with van der Waals surface area (Å²) in [5, 5.41) is 8.97. The van der Waals surface area contributed by atoms with Crippen molar-refractivity contribution >= 4 is 0 Å². The molecule has 0 aromatic heterocycles. The number of rotatable bonds is 9. The molecule has 0 saturated carbocycles. The summed E-state index contributed by atoms with van der Waals surface area (Å²) in [5.74, 6) is 0. The highest BCUT2D eigenvalue weighted by Crippen LogP contribution is 2.09. The zero-order valence-electron chi connectivity index (χ0n) is 11.8. The monoisotopic (exact) mass is 247 g/mol. The van der Waals surface area contributed by atoms with Crippen molar-refractivity contribution in [3.8, 4) is 0 Å². The van der Waals surface area contributed by atoms with Crippen LogP contribution < -0.4 is 5.73 Å². The summed E-state index contributed by atoms with van der Waals surface area (Å²) in [4.78, 5) is 0. The van der Waals surface area contributed by atoms with Crippen LogP contribution >= 0.6 is 0 Å². The maximum absolute atomic E-state index is 8.97. The van der Waals surface area contributed by atoms with Gasteiger partial charge in [-0.05, 0) is 47.0 Å². The molecule has 3 N–H and O–H groups in total. The Morgan fingerprint density at radius 1 is 1.00 bits per heavy atom. The van der Waals surface area contributed by atoms with Gasteiger partial charge in [-0.25, -0.2) is 0 Å². The summed E-state index contributed by atoms with van der Waals surface area (Å²) in [6.45, 7) is 10.00. The van der Waals surface area contributed by atoms with E-state index < -0.39 is 5.54 Å². The highest BCUT2D eigenvalue weighted by atomic mass is 16.5. The van der Waals surface area contributed by atoms with Crippen molar-refractivity contribution in [2.24, 2.45) is 5.73 Å². The van der Waals surface area contributed by atoms with E-state index in [4.69, 9.17) is 20.3 Å². The summed E-state index contributed by atoms with van der Waals surface area (Å²) in [6, 6.07) is 0. The van der Waals surface area contributed by atoms with Crippen LogP contribution in [0, 0.1) is 0 Å². The number of aliphatic hydroxyl groups excluding tert-OH is 1. The van der Waals surface area contributed by atoms with Crippen molar-refractivity contribution in [2.45, 2.75) is 58.1 Å². The Hall–Kier alpha value is -0.160. The van der Waals surface area contributed by atoms with Gasteiger partial charge in [0.2, 0.25) is 0 Å². The van der Waals surface area contributed by atoms with E-state index in [1.165, 1.54) is 0 Å². The van der Waals surface area contributed by atoms with Crippen LogP contribution in [-0.2, 0) is 9.47 Å². The molecular weight excluding hydrogens is 218 g/mol. The van der Waals surface area contributed by atoms with Gasteiger partial charge in [0.05, 0.1) is 25.4 Å². The average Bonchev–Trinajstić information content (AvgIpc) is 2.20. The molecule has 0 aliphatic carbocycles. The molecule has 0 saturated heterocycles. The van der Waals surface area contributed by atoms with Crippen molar-refractivity contribution in [1.29, 1.82) is 0 Å². The SMILES string of the molecule is CC(N)(CO)CCCCOCCOC(C)(C)C. The molecule has 104 valence electrons. The Morgan fingerprint density at radius 3 is 2.18 bits per heavy atom. The minimum absolute atomic E-state index is 0.0350. The second-order valence-corrected chi connectivity index (χ2v) is 5.84. The fourth-order valence-corrected chi connectivity index (χ4v) is 1.32. The van der Waals surface area contributed by atoms with Gasteiger partial charge in [0, 0.05) is 12.1 Å². The second kappa shape index (κ2) is 8.03. The molecule has 0 aromatic rings. The highest BCUT2D eigenvalue weighted by Gasteiger charge is 2.15. The normalized spacial score (nSPS) is 15.9. The number of unbranched alkanes of at least 4 members (excludes halogenated alkanes) is 1. The molecule has 1 atom stereocenters. The summed E-state index contributed by atoms with van der Waals surface area (Å²) < 4.78 is 11.0. The van der Waals surface area contributed by atoms with Crippen LogP contribution in [0.15, 0.2) is 0 Å². The van der Waals surface area contributed by atoms with E-state index in [2.05, 4.69) is 0 Å². The summed E-state index contributed by atoms with van der Waals surface area (Å²) in [5.41, 5.74) is 5.28. The number of hydrogen-bond donors (Lipinski definition) is 2. The molecule has 0 fully saturated rings. The molecule has 4 nitrogen and oxygen atoms in total. The lowest BCUT2D eigenvalue weighted by molar-refractivity contribution is -0.0352. The smallest absolute Gasteiger partial charge is 0.0707 e. The molecule has 0 spiro atoms. The van der Waals surface area contributed by atoms with Crippen molar-refractivity contribution in [3.05, 3.63) is 0 Å². The lowest BCUT2D eigenvalue weighted by atomic mass is 9.97. The molecule has 17 heavy (non-hydrogen) atoms. The first kappa shape index (κ1) is 16.8. The van der Waals surface area contributed by atoms with Gasteiger partial charge >= 0.3 is 0 Å². The summed E-state index contributed by atoms with van der Waals surface area (Å²) >= 11 is 0. The Balaban J connectivity index is 3.25. The first-order chi connectivity index (χ1) is 7.77. The van der Waals surface area contributed by atoms with Crippen LogP contribution in [-0.4, -0.2) is 42.7 Å². The van der Waals surface area contributed by atoms with Crippen LogP contribution in [0.5, 0.6) is 0 Å². The largest absolute Gasteiger partial charge is 0.394 e. The molecule has 0 aliphatic rings. The Morgan fingerprint density at radius 2 is 1.65 bits per heavy atom. The van der Waals surface area contributed by atoms with E-state index in [9.17, 15) is 0 Å². The third kappa shape index (κ3) is 12.1. The number of hydrogen-bond acceptors (Lipinski definition) is 4. The first-order valence-corrected chi connectivity index (χ1v) is 6.38. The van der Waals surface area contributed by atoms with Gasteiger partial charge < -0.3 is 20.3 Å². The lowest BCUT2D eigenvalue weighted by Gasteiger charge is -2.21. The average molecular weight is 247 g/mol. The van der Waals surface area contributed by atoms with Gasteiger partial charge in [-0.2, -0.15) is 0 Å². The fourth-order valence-electron chi connectivity index (χ4n) is 1.32. The standard InChI is InChI=1S/C13H29NO3/c1-12(2,3)17-10-9-16-8-6-5-7-13(4,14)11-15/h15H,5-11,14H2,1-4H3. The minimum Gasteiger partial charge on any atom is -0.394 e. The van der Waals surface area contributed by atoms with E-state index in [-0.39, 0.29) is 12.2 Å². The first-order valence-electron chi connectivity index (χ1n) is 6.38. The number of nitrogens with two attached hydrogens (primary N) is 1. The number of ether oxygens (including phenoxy) is 2. The Bertz CT molecular complexity index is 188. The molecule has 1 unspecified atom stereocenters. The third-order valence-corrected chi connectivity index (χ3v) is 2.41. The fraction of sp³-hybridized carbons (Fsp3) is 1.00. The van der Waals surface area contributed by atoms with E-state index >= 15 is 0 Å². The quantitative estimate of drug-likeness (QED) is 0.609. The van der Waals surface area contributed by atoms with Crippen LogP contribution in [0.25, 0.3) is 0 Å². The third-order valence-electron chi connectivity index (χ3n) is 2.41. The number of aliphatic hydroxyl groups is 1. The zero-order chi connectivity index (χ0) is 13.4. The summed E-state index contributed by atoms with van der Waals surface area (Å²) in [6.07, 6.45) is 2.78. The van der Waals surface area contributed by atoms with Gasteiger partial charge in [0.25, 0.3) is 0 Å². The van der Waals surface area contributed by atoms with Crippen molar-refractivity contribution in [2.75, 3.05) is 26.4 Å². The maximum atomic E-state index is 8.97. The topological polar surface area (TPSA) is 64.7 Å². The van der Waals surface area contributed by atoms with Crippen molar-refractivity contribution in [3.63, 3.8) is 0 Å². The molecule has 0 radical (unpaired) electrons. The molecule has 0 aliphatic heterocycles. The van der Waals surface area contributed by atoms with Crippen LogP contribution in [0.2, 0.25) is 0 Å². The van der Waals surface area contributed by atoms with Crippen molar-refractivity contribution < 1.29 is 14.6 Å². The van der Waals surface area contributed by atoms with Crippen molar-refractivity contribution in [1.82, 2.24) is 0 Å². The lowest BCUT2D eigenvalue weighted by Crippen LogP contribution is -2.39. The summed E-state index contributed by atoms with van der Waals surface area (Å²) in [7, 11) is 0. The molecule has 0 amide bonds. The van der Waals surface area contributed by atoms with E-state index in [0.717, 1.165) is 25.9 Å². The van der Waals surface area contributed by atoms with Gasteiger partial charge in [-0.3, -0.25) is 0 Å². The van der Waals surface area contributed by atoms with Gasteiger partial charge in [-0.1, -0.05) is 0 Å². The molecule has 4 heteroatoms. The molecule has 0 aromatic carbocycles. The second-order valence-electron chi connectivity index (χ2n) is 5.84. The molecule has 0 bridgehead atoms. The van der Waals surface area contributed by atoms with Gasteiger partial charge in [0.1, 0.15) is 0 Å². The van der Waals surface area contributed by atoms with Crippen LogP contribution in [0.1, 0.15) is 47.0 Å². The van der Waals surface area contributed by atoms with Gasteiger partial charge in [-0.15, -0.1) is 0 Å². The highest BCUT2D eigenvalue weighted by molar-refractivity contribution is 4.76. The Kier molecular flexibility index (Phi) is 7.96. The van der Waals surface area contributed by atoms with E-state index in [1.807, 2.05) is 27.7 Å².